The Bertz CT molecular complexity index is 269. The van der Waals surface area contributed by atoms with Crippen molar-refractivity contribution in [1.82, 2.24) is 5.16 Å². The van der Waals surface area contributed by atoms with E-state index in [0.29, 0.717) is 5.88 Å². The molecule has 1 N–H and O–H groups in total. The molecule has 0 saturated carbocycles. The Labute approximate surface area is 69.7 Å². The monoisotopic (exact) mass is 170 g/mol. The molecule has 1 amide bonds. The molecule has 0 bridgehead atoms. The van der Waals surface area contributed by atoms with E-state index in [2.05, 4.69) is 15.2 Å². The molecule has 0 aliphatic carbocycles. The summed E-state index contributed by atoms with van der Waals surface area (Å²) in [7, 11) is 1.45. The predicted molar refractivity (Wildman–Crippen MR) is 41.7 cm³/mol. The van der Waals surface area contributed by atoms with Crippen LogP contribution in [0.25, 0.3) is 0 Å². The Morgan fingerprint density at radius 3 is 3.08 bits per heavy atom. The number of nitrogens with zero attached hydrogens (tertiary/aromatic N) is 1. The van der Waals surface area contributed by atoms with Crippen molar-refractivity contribution in [3.8, 4) is 0 Å². The summed E-state index contributed by atoms with van der Waals surface area (Å²) in [6.45, 7) is 1.80. The number of carbonyl (C=O) groups excluding carboxylic acids is 1. The third kappa shape index (κ3) is 2.06. The van der Waals surface area contributed by atoms with Gasteiger partial charge in [0.2, 0.25) is 5.88 Å². The third-order valence-electron chi connectivity index (χ3n) is 1.28. The highest BCUT2D eigenvalue weighted by Crippen LogP contribution is 2.11. The van der Waals surface area contributed by atoms with E-state index in [-0.39, 0.29) is 12.5 Å². The van der Waals surface area contributed by atoms with Crippen LogP contribution in [-0.4, -0.2) is 24.8 Å². The van der Waals surface area contributed by atoms with E-state index in [9.17, 15) is 4.79 Å². The van der Waals surface area contributed by atoms with Gasteiger partial charge in [0.25, 0.3) is 5.91 Å². The highest BCUT2D eigenvalue weighted by atomic mass is 16.5. The van der Waals surface area contributed by atoms with E-state index in [1.54, 1.807) is 6.92 Å². The van der Waals surface area contributed by atoms with Crippen LogP contribution in [-0.2, 0) is 9.53 Å². The maximum Gasteiger partial charge on any atom is 0.252 e. The average molecular weight is 170 g/mol. The average Bonchev–Trinajstić information content (AvgIpc) is 2.37. The second-order valence-electron chi connectivity index (χ2n) is 2.32. The number of carbonyl (C=O) groups is 1. The molecule has 1 aromatic heterocycles. The lowest BCUT2D eigenvalue weighted by Gasteiger charge is -1.99. The number of anilines is 1. The quantitative estimate of drug-likeness (QED) is 0.720. The van der Waals surface area contributed by atoms with Gasteiger partial charge in [0.05, 0.1) is 6.20 Å². The Kier molecular flexibility index (Phi) is 2.82. The molecule has 0 aliphatic rings. The number of aromatic nitrogens is 1. The molecule has 5 heteroatoms. The molecule has 1 aromatic rings. The van der Waals surface area contributed by atoms with Crippen molar-refractivity contribution >= 4 is 11.8 Å². The zero-order valence-electron chi connectivity index (χ0n) is 6.96. The molecule has 0 aliphatic heterocycles. The Morgan fingerprint density at radius 1 is 1.83 bits per heavy atom. The summed E-state index contributed by atoms with van der Waals surface area (Å²) < 4.78 is 9.36. The molecule has 0 atom stereocenters. The molecule has 0 spiro atoms. The fourth-order valence-electron chi connectivity index (χ4n) is 0.704. The van der Waals surface area contributed by atoms with E-state index >= 15 is 0 Å². The zero-order chi connectivity index (χ0) is 8.97. The molecule has 0 aromatic carbocycles. The second kappa shape index (κ2) is 3.87. The number of hydrogen-bond acceptors (Lipinski definition) is 4. The largest absolute Gasteiger partial charge is 0.375 e. The molecular weight excluding hydrogens is 160 g/mol. The molecular formula is C7H10N2O3. The number of amides is 1. The number of nitrogens with one attached hydrogen (secondary N) is 1. The van der Waals surface area contributed by atoms with E-state index in [1.165, 1.54) is 13.3 Å². The Hall–Kier alpha value is -1.36. The molecule has 0 radical (unpaired) electrons. The molecule has 5 nitrogen and oxygen atoms in total. The Balaban J connectivity index is 2.52. The van der Waals surface area contributed by atoms with Crippen LogP contribution >= 0.6 is 0 Å². The van der Waals surface area contributed by atoms with Gasteiger partial charge in [-0.05, 0) is 6.92 Å². The minimum Gasteiger partial charge on any atom is -0.375 e. The molecule has 0 saturated heterocycles. The summed E-state index contributed by atoms with van der Waals surface area (Å²) in [4.78, 5) is 10.9. The van der Waals surface area contributed by atoms with Gasteiger partial charge in [-0.3, -0.25) is 10.1 Å². The molecule has 12 heavy (non-hydrogen) atoms. The topological polar surface area (TPSA) is 64.4 Å². The number of methoxy groups -OCH3 is 1. The number of hydrogen-bond donors (Lipinski definition) is 1. The van der Waals surface area contributed by atoms with E-state index in [0.717, 1.165) is 5.56 Å². The number of aryl methyl sites for hydroxylation is 1. The zero-order valence-corrected chi connectivity index (χ0v) is 6.96. The van der Waals surface area contributed by atoms with Crippen molar-refractivity contribution in [3.05, 3.63) is 11.8 Å². The standard InChI is InChI=1S/C7H10N2O3/c1-5-3-8-12-7(5)9-6(10)4-11-2/h3H,4H2,1-2H3,(H,9,10). The predicted octanol–water partition coefficient (Wildman–Crippen LogP) is 0.568. The number of ether oxygens (including phenoxy) is 1. The first-order valence-electron chi connectivity index (χ1n) is 3.44. The fourth-order valence-corrected chi connectivity index (χ4v) is 0.704. The van der Waals surface area contributed by atoms with Gasteiger partial charge >= 0.3 is 0 Å². The maximum absolute atomic E-state index is 10.9. The van der Waals surface area contributed by atoms with Gasteiger partial charge in [0.15, 0.2) is 0 Å². The first-order chi connectivity index (χ1) is 5.74. The SMILES string of the molecule is COCC(=O)Nc1oncc1C. The lowest BCUT2D eigenvalue weighted by Crippen LogP contribution is -2.17. The maximum atomic E-state index is 10.9. The van der Waals surface area contributed by atoms with Gasteiger partial charge in [-0.1, -0.05) is 5.16 Å². The van der Waals surface area contributed by atoms with Crippen LogP contribution in [0.3, 0.4) is 0 Å². The first-order valence-corrected chi connectivity index (χ1v) is 3.44. The second-order valence-corrected chi connectivity index (χ2v) is 2.32. The molecule has 66 valence electrons. The normalized spacial score (nSPS) is 9.83. The van der Waals surface area contributed by atoms with Gasteiger partial charge < -0.3 is 9.26 Å². The Morgan fingerprint density at radius 2 is 2.58 bits per heavy atom. The third-order valence-corrected chi connectivity index (χ3v) is 1.28. The molecule has 0 unspecified atom stereocenters. The van der Waals surface area contributed by atoms with Crippen LogP contribution < -0.4 is 5.32 Å². The minimum atomic E-state index is -0.252. The first kappa shape index (κ1) is 8.73. The molecule has 0 fully saturated rings. The van der Waals surface area contributed by atoms with E-state index < -0.39 is 0 Å². The van der Waals surface area contributed by atoms with Crippen LogP contribution in [0.5, 0.6) is 0 Å². The van der Waals surface area contributed by atoms with Gasteiger partial charge in [-0.15, -0.1) is 0 Å². The van der Waals surface area contributed by atoms with E-state index in [4.69, 9.17) is 4.52 Å². The summed E-state index contributed by atoms with van der Waals surface area (Å²) in [5, 5.41) is 6.00. The summed E-state index contributed by atoms with van der Waals surface area (Å²) in [6, 6.07) is 0. The molecule has 1 rings (SSSR count). The van der Waals surface area contributed by atoms with Crippen molar-refractivity contribution in [2.45, 2.75) is 6.92 Å². The highest BCUT2D eigenvalue weighted by Gasteiger charge is 2.07. The van der Waals surface area contributed by atoms with Gasteiger partial charge in [-0.2, -0.15) is 0 Å². The van der Waals surface area contributed by atoms with Crippen molar-refractivity contribution in [2.75, 3.05) is 19.0 Å². The van der Waals surface area contributed by atoms with Crippen LogP contribution in [0.4, 0.5) is 5.88 Å². The van der Waals surface area contributed by atoms with E-state index in [1.807, 2.05) is 0 Å². The number of rotatable bonds is 3. The summed E-state index contributed by atoms with van der Waals surface area (Å²) >= 11 is 0. The van der Waals surface area contributed by atoms with Crippen molar-refractivity contribution in [1.29, 1.82) is 0 Å². The van der Waals surface area contributed by atoms with Crippen LogP contribution in [0.15, 0.2) is 10.7 Å². The van der Waals surface area contributed by atoms with Gasteiger partial charge in [0.1, 0.15) is 6.61 Å². The van der Waals surface area contributed by atoms with Crippen LogP contribution in [0.2, 0.25) is 0 Å². The highest BCUT2D eigenvalue weighted by molar-refractivity contribution is 5.90. The fraction of sp³-hybridized carbons (Fsp3) is 0.429. The van der Waals surface area contributed by atoms with Crippen LogP contribution in [0, 0.1) is 6.92 Å². The van der Waals surface area contributed by atoms with Crippen molar-refractivity contribution in [2.24, 2.45) is 0 Å². The lowest BCUT2D eigenvalue weighted by atomic mass is 10.4. The van der Waals surface area contributed by atoms with Crippen molar-refractivity contribution in [3.63, 3.8) is 0 Å². The van der Waals surface area contributed by atoms with Crippen LogP contribution in [0.1, 0.15) is 5.56 Å². The van der Waals surface area contributed by atoms with Crippen molar-refractivity contribution < 1.29 is 14.1 Å². The lowest BCUT2D eigenvalue weighted by molar-refractivity contribution is -0.119. The summed E-state index contributed by atoms with van der Waals surface area (Å²) in [5.74, 6) is 0.120. The minimum absolute atomic E-state index is 0.0140. The smallest absolute Gasteiger partial charge is 0.252 e. The van der Waals surface area contributed by atoms with Gasteiger partial charge in [0, 0.05) is 12.7 Å². The van der Waals surface area contributed by atoms with Gasteiger partial charge in [-0.25, -0.2) is 0 Å². The summed E-state index contributed by atoms with van der Waals surface area (Å²) in [6.07, 6.45) is 1.53. The molecule has 1 heterocycles. The summed E-state index contributed by atoms with van der Waals surface area (Å²) in [5.41, 5.74) is 0.791.